The van der Waals surface area contributed by atoms with E-state index in [1.165, 1.54) is 12.8 Å². The van der Waals surface area contributed by atoms with E-state index < -0.39 is 22.8 Å². The molecule has 0 saturated heterocycles. The van der Waals surface area contributed by atoms with Crippen molar-refractivity contribution in [2.75, 3.05) is 0 Å². The summed E-state index contributed by atoms with van der Waals surface area (Å²) < 4.78 is 3.48. The number of rotatable bonds is 4. The van der Waals surface area contributed by atoms with Crippen LogP contribution in [0.15, 0.2) is 105 Å². The van der Waals surface area contributed by atoms with Gasteiger partial charge in [-0.3, -0.25) is 0 Å². The topological polar surface area (TPSA) is 0 Å². The van der Waals surface area contributed by atoms with Gasteiger partial charge in [0.15, 0.2) is 0 Å². The first-order chi connectivity index (χ1) is 11.9. The predicted molar refractivity (Wildman–Crippen MR) is 102 cm³/mol. The second-order valence-corrected chi connectivity index (χ2v) is 15.6. The van der Waals surface area contributed by atoms with Crippen LogP contribution in [0.2, 0.25) is 0 Å². The van der Waals surface area contributed by atoms with E-state index in [-0.39, 0.29) is 24.8 Å². The van der Waals surface area contributed by atoms with Gasteiger partial charge in [0.05, 0.1) is 0 Å². The van der Waals surface area contributed by atoms with Crippen molar-refractivity contribution >= 4 is 16.6 Å². The summed E-state index contributed by atoms with van der Waals surface area (Å²) in [5, 5.41) is 3.15. The van der Waals surface area contributed by atoms with Crippen LogP contribution >= 0.6 is 0 Å². The third-order valence-corrected chi connectivity index (χ3v) is 17.7. The molecule has 0 aliphatic heterocycles. The minimum atomic E-state index is -1.56. The van der Waals surface area contributed by atoms with E-state index in [2.05, 4.69) is 97.1 Å². The van der Waals surface area contributed by atoms with Gasteiger partial charge < -0.3 is 24.8 Å². The molecule has 0 aromatic heterocycles. The van der Waals surface area contributed by atoms with Gasteiger partial charge in [-0.05, 0) is 0 Å². The molecule has 0 amide bonds. The van der Waals surface area contributed by atoms with Gasteiger partial charge in [-0.1, -0.05) is 0 Å². The Morgan fingerprint density at radius 3 is 1.38 bits per heavy atom. The van der Waals surface area contributed by atoms with Crippen molar-refractivity contribution in [1.29, 1.82) is 0 Å². The number of halogens is 2. The third kappa shape index (κ3) is 4.60. The van der Waals surface area contributed by atoms with Gasteiger partial charge >= 0.3 is 151 Å². The molecule has 130 valence electrons. The Morgan fingerprint density at radius 2 is 1.04 bits per heavy atom. The largest absolute Gasteiger partial charge is 1.00 e. The van der Waals surface area contributed by atoms with Crippen LogP contribution in [0.5, 0.6) is 0 Å². The van der Waals surface area contributed by atoms with Crippen LogP contribution < -0.4 is 35.2 Å². The first-order valence-electron chi connectivity index (χ1n) is 8.51. The zero-order chi connectivity index (χ0) is 16.2. The fourth-order valence-corrected chi connectivity index (χ4v) is 17.3. The third-order valence-electron chi connectivity index (χ3n) is 4.56. The second kappa shape index (κ2) is 10.3. The molecule has 0 radical (unpaired) electrons. The predicted octanol–water partition coefficient (Wildman–Crippen LogP) is -1.89. The standard InChI is InChI=1S/C12H10Si.2C5H5.2ClH.Ti/c1-3-7-11(8-4-1)13-12-9-5-2-6-10-12;2*1-2-4-5-3-1;;;/h1-10H;2*1-3H,4H2;2*1H;/q;;;;;+2/p-2. The Hall–Kier alpha value is -1.09. The molecule has 2 aromatic rings. The van der Waals surface area contributed by atoms with Crippen LogP contribution in [0.1, 0.15) is 12.8 Å². The zero-order valence-corrected chi connectivity index (χ0v) is 18.5. The van der Waals surface area contributed by atoms with E-state index in [1.807, 2.05) is 0 Å². The molecule has 0 heterocycles. The van der Waals surface area contributed by atoms with Crippen LogP contribution in [0.25, 0.3) is 0 Å². The number of hydrogen-bond acceptors (Lipinski definition) is 0. The maximum atomic E-state index is 2.42. The molecule has 2 aliphatic carbocycles. The summed E-state index contributed by atoms with van der Waals surface area (Å²) in [7, 11) is 0. The van der Waals surface area contributed by atoms with E-state index in [1.54, 1.807) is 18.1 Å². The van der Waals surface area contributed by atoms with Crippen molar-refractivity contribution in [2.45, 2.75) is 12.8 Å². The minimum Gasteiger partial charge on any atom is -1.00 e. The fourth-order valence-electron chi connectivity index (χ4n) is 3.46. The fraction of sp³-hybridized carbons (Fsp3) is 0.0909. The minimum absolute atomic E-state index is 0. The summed E-state index contributed by atoms with van der Waals surface area (Å²) in [5.41, 5.74) is 0. The normalized spacial score (nSPS) is 13.8. The molecular weight excluding hydrogens is 411 g/mol. The van der Waals surface area contributed by atoms with Crippen LogP contribution in [0.4, 0.5) is 0 Å². The van der Waals surface area contributed by atoms with E-state index >= 15 is 0 Å². The van der Waals surface area contributed by atoms with Crippen LogP contribution in [-0.2, 0) is 16.6 Å². The summed E-state index contributed by atoms with van der Waals surface area (Å²) in [6.45, 7) is 0. The summed E-state index contributed by atoms with van der Waals surface area (Å²) in [4.78, 5) is 0. The summed E-state index contributed by atoms with van der Waals surface area (Å²) in [5.74, 6) is 0. The van der Waals surface area contributed by atoms with Crippen molar-refractivity contribution in [1.82, 2.24) is 0 Å². The maximum Gasteiger partial charge on any atom is -1.00 e. The number of benzene rings is 2. The monoisotopic (exact) mass is 430 g/mol. The summed E-state index contributed by atoms with van der Waals surface area (Å²) in [6.07, 6.45) is 15.6. The smallest absolute Gasteiger partial charge is 1.00 e. The van der Waals surface area contributed by atoms with E-state index in [0.717, 1.165) is 0 Å². The van der Waals surface area contributed by atoms with Crippen molar-refractivity contribution in [3.8, 4) is 0 Å². The van der Waals surface area contributed by atoms with Crippen LogP contribution in [-0.4, -0.2) is 6.19 Å². The van der Waals surface area contributed by atoms with Gasteiger partial charge in [-0.2, -0.15) is 0 Å². The van der Waals surface area contributed by atoms with Gasteiger partial charge in [0.1, 0.15) is 0 Å². The first-order valence-corrected chi connectivity index (χ1v) is 13.9. The van der Waals surface area contributed by atoms with Crippen molar-refractivity contribution in [3.63, 3.8) is 0 Å². The molecule has 0 unspecified atom stereocenters. The summed E-state index contributed by atoms with van der Waals surface area (Å²) in [6, 6.07) is 22.6. The van der Waals surface area contributed by atoms with E-state index in [4.69, 9.17) is 0 Å². The van der Waals surface area contributed by atoms with Crippen LogP contribution in [0.3, 0.4) is 0 Å². The molecule has 26 heavy (non-hydrogen) atoms. The molecule has 2 aromatic carbocycles. The molecule has 0 N–H and O–H groups in total. The van der Waals surface area contributed by atoms with Gasteiger partial charge in [-0.15, -0.1) is 0 Å². The molecule has 4 rings (SSSR count). The van der Waals surface area contributed by atoms with Crippen molar-refractivity contribution < 1.29 is 41.4 Å². The van der Waals surface area contributed by atoms with Crippen molar-refractivity contribution in [2.24, 2.45) is 0 Å². The molecule has 2 aliphatic rings. The van der Waals surface area contributed by atoms with Crippen molar-refractivity contribution in [3.05, 3.63) is 105 Å². The molecular formula is C22H20Cl2SiTi. The Labute approximate surface area is 174 Å². The average molecular weight is 431 g/mol. The molecule has 0 bridgehead atoms. The Morgan fingerprint density at radius 1 is 0.615 bits per heavy atom. The first kappa shape index (κ1) is 21.2. The Bertz CT molecular complexity index is 821. The summed E-state index contributed by atoms with van der Waals surface area (Å²) >= 11 is -1.56. The molecule has 4 heteroatoms. The molecule has 0 atom stereocenters. The van der Waals surface area contributed by atoms with Gasteiger partial charge in [-0.25, -0.2) is 0 Å². The Kier molecular flexibility index (Phi) is 8.40. The van der Waals surface area contributed by atoms with Gasteiger partial charge in [0, 0.05) is 0 Å². The quantitative estimate of drug-likeness (QED) is 0.497. The average Bonchev–Trinajstić information content (AvgIpc) is 3.35. The SMILES string of the molecule is C1=CC[C]([Ti+2]([C]2=CC=CC2)=[Si](c2ccccc2)c2ccccc2)=C1.[Cl-].[Cl-]. The molecule has 0 spiro atoms. The number of hydrogen-bond donors (Lipinski definition) is 0. The second-order valence-electron chi connectivity index (χ2n) is 6.13. The van der Waals surface area contributed by atoms with E-state index in [0.29, 0.717) is 0 Å². The Balaban J connectivity index is 0.00000121. The van der Waals surface area contributed by atoms with Gasteiger partial charge in [0.2, 0.25) is 0 Å². The van der Waals surface area contributed by atoms with Gasteiger partial charge in [0.25, 0.3) is 0 Å². The maximum absolute atomic E-state index is 2.42. The zero-order valence-electron chi connectivity index (χ0n) is 14.4. The molecule has 0 saturated carbocycles. The van der Waals surface area contributed by atoms with Crippen LogP contribution in [0, 0.1) is 0 Å². The number of allylic oxidation sites excluding steroid dienone is 8. The molecule has 0 fully saturated rings. The molecule has 0 nitrogen and oxygen atoms in total. The van der Waals surface area contributed by atoms with E-state index in [9.17, 15) is 0 Å².